The number of nitrogens with one attached hydrogen (secondary N) is 2. The molecule has 0 saturated heterocycles. The van der Waals surface area contributed by atoms with Crippen molar-refractivity contribution in [3.63, 3.8) is 0 Å². The van der Waals surface area contributed by atoms with Crippen LogP contribution in [0.15, 0.2) is 42.5 Å². The minimum atomic E-state index is -4.77. The number of alkyl halides is 3. The Bertz CT molecular complexity index is 858. The van der Waals surface area contributed by atoms with Crippen molar-refractivity contribution in [1.29, 1.82) is 0 Å². The minimum absolute atomic E-state index is 0.153. The summed E-state index contributed by atoms with van der Waals surface area (Å²) in [5.74, 6) is -1.39. The summed E-state index contributed by atoms with van der Waals surface area (Å²) in [6.07, 6.45) is -4.77. The second-order valence-electron chi connectivity index (χ2n) is 5.71. The number of carbonyl (C=O) groups excluding carboxylic acids is 2. The molecule has 5 nitrogen and oxygen atoms in total. The van der Waals surface area contributed by atoms with Crippen LogP contribution in [0, 0.1) is 0 Å². The number of hydrogen-bond acceptors (Lipinski definition) is 3. The number of rotatable bonds is 6. The first kappa shape index (κ1) is 21.8. The Morgan fingerprint density at radius 1 is 1.11 bits per heavy atom. The van der Waals surface area contributed by atoms with Crippen LogP contribution in [0.3, 0.4) is 0 Å². The molecule has 0 aliphatic carbocycles. The normalized spacial score (nSPS) is 12.2. The molecule has 2 aromatic carbocycles. The Hall–Kier alpha value is -2.45. The molecule has 0 fully saturated rings. The van der Waals surface area contributed by atoms with Gasteiger partial charge in [0.25, 0.3) is 5.91 Å². The molecule has 0 aliphatic heterocycles. The number of amides is 2. The number of ether oxygens (including phenoxy) is 1. The molecule has 1 atom stereocenters. The Balaban J connectivity index is 1.87. The fraction of sp³-hybridized carbons (Fsp3) is 0.222. The molecule has 0 spiro atoms. The summed E-state index contributed by atoms with van der Waals surface area (Å²) >= 11 is 11.7. The van der Waals surface area contributed by atoms with Gasteiger partial charge in [0.15, 0.2) is 0 Å². The average Bonchev–Trinajstić information content (AvgIpc) is 2.59. The first-order chi connectivity index (χ1) is 13.0. The van der Waals surface area contributed by atoms with Crippen LogP contribution in [-0.4, -0.2) is 24.7 Å². The highest BCUT2D eigenvalue weighted by molar-refractivity contribution is 6.36. The molecule has 10 heteroatoms. The molecular formula is C18H15Cl2F3N2O3. The van der Waals surface area contributed by atoms with Gasteiger partial charge in [-0.05, 0) is 42.8 Å². The molecule has 2 amide bonds. The summed E-state index contributed by atoms with van der Waals surface area (Å²) in [5.41, 5.74) is 0.738. The quantitative estimate of drug-likeness (QED) is 0.703. The molecule has 150 valence electrons. The lowest BCUT2D eigenvalue weighted by Gasteiger charge is -2.16. The first-order valence-corrected chi connectivity index (χ1v) is 8.69. The van der Waals surface area contributed by atoms with E-state index >= 15 is 0 Å². The van der Waals surface area contributed by atoms with E-state index < -0.39 is 24.2 Å². The van der Waals surface area contributed by atoms with E-state index in [1.807, 2.05) is 0 Å². The van der Waals surface area contributed by atoms with Crippen LogP contribution < -0.4 is 15.4 Å². The van der Waals surface area contributed by atoms with E-state index in [9.17, 15) is 22.8 Å². The predicted molar refractivity (Wildman–Crippen MR) is 98.5 cm³/mol. The van der Waals surface area contributed by atoms with Gasteiger partial charge in [0.2, 0.25) is 5.91 Å². The largest absolute Gasteiger partial charge is 0.573 e. The highest BCUT2D eigenvalue weighted by Crippen LogP contribution is 2.24. The fourth-order valence-corrected chi connectivity index (χ4v) is 2.76. The van der Waals surface area contributed by atoms with Gasteiger partial charge in [-0.15, -0.1) is 13.2 Å². The lowest BCUT2D eigenvalue weighted by atomic mass is 10.1. The molecule has 0 aliphatic rings. The number of carbonyl (C=O) groups is 2. The van der Waals surface area contributed by atoms with Crippen LogP contribution in [0.2, 0.25) is 10.0 Å². The molecule has 2 N–H and O–H groups in total. The summed E-state index contributed by atoms with van der Waals surface area (Å²) in [6, 6.07) is 8.94. The van der Waals surface area contributed by atoms with Gasteiger partial charge in [-0.1, -0.05) is 35.3 Å². The van der Waals surface area contributed by atoms with Gasteiger partial charge < -0.3 is 15.4 Å². The molecule has 0 bridgehead atoms. The summed E-state index contributed by atoms with van der Waals surface area (Å²) < 4.78 is 40.3. The van der Waals surface area contributed by atoms with Crippen molar-refractivity contribution >= 4 is 35.0 Å². The van der Waals surface area contributed by atoms with Crippen molar-refractivity contribution < 1.29 is 27.5 Å². The lowest BCUT2D eigenvalue weighted by molar-refractivity contribution is -0.274. The van der Waals surface area contributed by atoms with E-state index in [0.717, 1.165) is 12.1 Å². The van der Waals surface area contributed by atoms with E-state index in [1.54, 1.807) is 6.92 Å². The molecule has 2 rings (SSSR count). The van der Waals surface area contributed by atoms with Crippen LogP contribution in [0.1, 0.15) is 28.9 Å². The molecule has 1 unspecified atom stereocenters. The summed E-state index contributed by atoms with van der Waals surface area (Å²) in [6.45, 7) is 1.34. The zero-order valence-corrected chi connectivity index (χ0v) is 16.0. The molecule has 0 radical (unpaired) electrons. The molecule has 0 aromatic heterocycles. The van der Waals surface area contributed by atoms with Crippen LogP contribution in [0.4, 0.5) is 13.2 Å². The smallest absolute Gasteiger partial charge is 0.406 e. The average molecular weight is 435 g/mol. The van der Waals surface area contributed by atoms with Crippen molar-refractivity contribution in [2.45, 2.75) is 19.3 Å². The highest BCUT2D eigenvalue weighted by Gasteiger charge is 2.31. The van der Waals surface area contributed by atoms with Crippen molar-refractivity contribution in [2.24, 2.45) is 0 Å². The topological polar surface area (TPSA) is 67.4 Å². The van der Waals surface area contributed by atoms with Crippen LogP contribution in [0.25, 0.3) is 0 Å². The first-order valence-electron chi connectivity index (χ1n) is 7.93. The third kappa shape index (κ3) is 6.61. The van der Waals surface area contributed by atoms with Crippen LogP contribution in [0.5, 0.6) is 5.75 Å². The Morgan fingerprint density at radius 2 is 1.75 bits per heavy atom. The van der Waals surface area contributed by atoms with E-state index in [4.69, 9.17) is 23.2 Å². The van der Waals surface area contributed by atoms with Crippen molar-refractivity contribution in [3.05, 3.63) is 63.6 Å². The van der Waals surface area contributed by atoms with Gasteiger partial charge in [0.1, 0.15) is 5.75 Å². The number of halogens is 5. The van der Waals surface area contributed by atoms with Gasteiger partial charge in [0, 0.05) is 5.02 Å². The van der Waals surface area contributed by atoms with Gasteiger partial charge in [-0.2, -0.15) is 0 Å². The van der Waals surface area contributed by atoms with Crippen molar-refractivity contribution in [3.8, 4) is 5.75 Å². The third-order valence-corrected chi connectivity index (χ3v) is 4.12. The molecule has 28 heavy (non-hydrogen) atoms. The van der Waals surface area contributed by atoms with Crippen molar-refractivity contribution in [1.82, 2.24) is 10.6 Å². The fourth-order valence-electron chi connectivity index (χ4n) is 2.26. The Kier molecular flexibility index (Phi) is 7.15. The van der Waals surface area contributed by atoms with E-state index in [-0.39, 0.29) is 22.9 Å². The van der Waals surface area contributed by atoms with Crippen LogP contribution in [-0.2, 0) is 4.79 Å². The monoisotopic (exact) mass is 434 g/mol. The summed E-state index contributed by atoms with van der Waals surface area (Å²) in [7, 11) is 0. The van der Waals surface area contributed by atoms with E-state index in [1.165, 1.54) is 30.3 Å². The van der Waals surface area contributed by atoms with Gasteiger partial charge in [-0.25, -0.2) is 0 Å². The Labute approximate surface area is 168 Å². The number of benzene rings is 2. The van der Waals surface area contributed by atoms with Gasteiger partial charge >= 0.3 is 6.36 Å². The summed E-state index contributed by atoms with van der Waals surface area (Å²) in [5, 5.41) is 5.58. The molecule has 0 heterocycles. The second kappa shape index (κ2) is 9.16. The number of hydrogen-bond donors (Lipinski definition) is 2. The molecule has 0 saturated carbocycles. The van der Waals surface area contributed by atoms with Crippen LogP contribution >= 0.6 is 23.2 Å². The second-order valence-corrected chi connectivity index (χ2v) is 6.56. The predicted octanol–water partition coefficient (Wildman–Crippen LogP) is 4.50. The minimum Gasteiger partial charge on any atom is -0.406 e. The zero-order valence-electron chi connectivity index (χ0n) is 14.4. The van der Waals surface area contributed by atoms with Gasteiger partial charge in [0.05, 0.1) is 23.2 Å². The summed E-state index contributed by atoms with van der Waals surface area (Å²) in [4.78, 5) is 24.1. The highest BCUT2D eigenvalue weighted by atomic mass is 35.5. The maximum atomic E-state index is 12.2. The SMILES string of the molecule is CC(NC(=O)CNC(=O)c1ccc(Cl)cc1Cl)c1ccc(OC(F)(F)F)cc1. The maximum absolute atomic E-state index is 12.2. The zero-order chi connectivity index (χ0) is 20.9. The molecule has 2 aromatic rings. The lowest BCUT2D eigenvalue weighted by Crippen LogP contribution is -2.38. The van der Waals surface area contributed by atoms with Gasteiger partial charge in [-0.3, -0.25) is 9.59 Å². The van der Waals surface area contributed by atoms with E-state index in [0.29, 0.717) is 10.6 Å². The standard InChI is InChI=1S/C18H15Cl2F3N2O3/c1-10(11-2-5-13(6-3-11)28-18(21,22)23)25-16(26)9-24-17(27)14-7-4-12(19)8-15(14)20/h2-8,10H,9H2,1H3,(H,24,27)(H,25,26). The Morgan fingerprint density at radius 3 is 2.32 bits per heavy atom. The van der Waals surface area contributed by atoms with Crippen molar-refractivity contribution in [2.75, 3.05) is 6.54 Å². The third-order valence-electron chi connectivity index (χ3n) is 3.58. The van der Waals surface area contributed by atoms with E-state index in [2.05, 4.69) is 15.4 Å². The maximum Gasteiger partial charge on any atom is 0.573 e. The molecular weight excluding hydrogens is 420 g/mol.